The molecule has 0 unspecified atom stereocenters. The van der Waals surface area contributed by atoms with Crippen LogP contribution in [0, 0.1) is 0 Å². The predicted octanol–water partition coefficient (Wildman–Crippen LogP) is -0.689. The maximum Gasteiger partial charge on any atom is 0.303 e. The van der Waals surface area contributed by atoms with Crippen LogP contribution in [0.2, 0.25) is 0 Å². The van der Waals surface area contributed by atoms with Crippen LogP contribution in [0.3, 0.4) is 0 Å². The molecule has 1 rings (SSSR count). The van der Waals surface area contributed by atoms with E-state index in [0.717, 1.165) is 27.7 Å². The highest BCUT2D eigenvalue weighted by atomic mass is 16.7. The van der Waals surface area contributed by atoms with Gasteiger partial charge in [-0.15, -0.1) is 0 Å². The third-order valence-corrected chi connectivity index (χ3v) is 3.16. The average molecular weight is 360 g/mol. The number of aldehydes is 1. The minimum Gasteiger partial charge on any atom is -0.463 e. The molecular weight excluding hydrogens is 340 g/mol. The van der Waals surface area contributed by atoms with Crippen molar-refractivity contribution in [3.05, 3.63) is 0 Å². The van der Waals surface area contributed by atoms with Gasteiger partial charge in [-0.05, 0) is 0 Å². The SMILES string of the molecule is CC(=O)OC[C@H]1O[C@@H](C=O)[C@H](OC(C)=O)[C@@H](OC(C)=O)[C@H]1OC(C)=O. The zero-order valence-electron chi connectivity index (χ0n) is 14.3. The van der Waals surface area contributed by atoms with Gasteiger partial charge >= 0.3 is 23.9 Å². The molecule has 0 aliphatic carbocycles. The van der Waals surface area contributed by atoms with Crippen LogP contribution < -0.4 is 0 Å². The first-order valence-electron chi connectivity index (χ1n) is 7.41. The molecule has 0 N–H and O–H groups in total. The molecule has 1 saturated heterocycles. The fraction of sp³-hybridized carbons (Fsp3) is 0.667. The Balaban J connectivity index is 3.20. The maximum atomic E-state index is 11.4. The monoisotopic (exact) mass is 360 g/mol. The second-order valence-electron chi connectivity index (χ2n) is 5.30. The first-order valence-corrected chi connectivity index (χ1v) is 7.41. The summed E-state index contributed by atoms with van der Waals surface area (Å²) in [5.41, 5.74) is 0. The van der Waals surface area contributed by atoms with Gasteiger partial charge in [0.25, 0.3) is 0 Å². The number of rotatable bonds is 6. The fourth-order valence-electron chi connectivity index (χ4n) is 2.37. The molecule has 1 fully saturated rings. The summed E-state index contributed by atoms with van der Waals surface area (Å²) in [5, 5.41) is 0. The Kier molecular flexibility index (Phi) is 7.49. The molecule has 10 heteroatoms. The molecule has 0 saturated carbocycles. The quantitative estimate of drug-likeness (QED) is 0.340. The fourth-order valence-corrected chi connectivity index (χ4v) is 2.37. The third-order valence-electron chi connectivity index (χ3n) is 3.16. The van der Waals surface area contributed by atoms with Crippen molar-refractivity contribution in [2.24, 2.45) is 0 Å². The number of hydrogen-bond donors (Lipinski definition) is 0. The standard InChI is InChI=1S/C15H20O10/c1-7(17)21-6-12-14(23-9(3)19)15(24-10(4)20)13(22-8(2)18)11(5-16)25-12/h5,11-15H,6H2,1-4H3/t11-,12+,13-,14-,15+/m0/s1. The molecule has 0 aromatic heterocycles. The van der Waals surface area contributed by atoms with E-state index in [1.54, 1.807) is 0 Å². The molecular formula is C15H20O10. The molecule has 0 aromatic rings. The van der Waals surface area contributed by atoms with Crippen LogP contribution in [0.1, 0.15) is 27.7 Å². The van der Waals surface area contributed by atoms with E-state index in [4.69, 9.17) is 23.7 Å². The normalized spacial score (nSPS) is 28.4. The van der Waals surface area contributed by atoms with E-state index in [-0.39, 0.29) is 6.61 Å². The van der Waals surface area contributed by atoms with Crippen molar-refractivity contribution in [3.8, 4) is 0 Å². The average Bonchev–Trinajstić information content (AvgIpc) is 2.48. The lowest BCUT2D eigenvalue weighted by Gasteiger charge is -2.42. The molecule has 0 bridgehead atoms. The summed E-state index contributed by atoms with van der Waals surface area (Å²) in [4.78, 5) is 56.5. The van der Waals surface area contributed by atoms with Crippen molar-refractivity contribution < 1.29 is 47.7 Å². The number of ether oxygens (including phenoxy) is 5. The number of hydrogen-bond acceptors (Lipinski definition) is 10. The lowest BCUT2D eigenvalue weighted by atomic mass is 9.94. The summed E-state index contributed by atoms with van der Waals surface area (Å²) in [5.74, 6) is -2.86. The Morgan fingerprint density at radius 1 is 0.800 bits per heavy atom. The van der Waals surface area contributed by atoms with Gasteiger partial charge in [-0.2, -0.15) is 0 Å². The van der Waals surface area contributed by atoms with Gasteiger partial charge in [0.1, 0.15) is 12.7 Å². The zero-order chi connectivity index (χ0) is 19.1. The van der Waals surface area contributed by atoms with E-state index in [9.17, 15) is 24.0 Å². The second-order valence-corrected chi connectivity index (χ2v) is 5.30. The minimum absolute atomic E-state index is 0.356. The first-order chi connectivity index (χ1) is 11.6. The van der Waals surface area contributed by atoms with Crippen molar-refractivity contribution in [1.82, 2.24) is 0 Å². The maximum absolute atomic E-state index is 11.4. The molecule has 0 amide bonds. The summed E-state index contributed by atoms with van der Waals surface area (Å²) in [6.07, 6.45) is -5.93. The van der Waals surface area contributed by atoms with E-state index < -0.39 is 54.4 Å². The van der Waals surface area contributed by atoms with Gasteiger partial charge in [-0.3, -0.25) is 19.2 Å². The van der Waals surface area contributed by atoms with Crippen LogP contribution in [0.4, 0.5) is 0 Å². The highest BCUT2D eigenvalue weighted by molar-refractivity contribution is 5.70. The summed E-state index contributed by atoms with van der Waals surface area (Å²) in [6, 6.07) is 0. The highest BCUT2D eigenvalue weighted by Crippen LogP contribution is 2.28. The van der Waals surface area contributed by atoms with Crippen molar-refractivity contribution in [2.75, 3.05) is 6.61 Å². The summed E-state index contributed by atoms with van der Waals surface area (Å²) in [6.45, 7) is 4.11. The van der Waals surface area contributed by atoms with Crippen LogP contribution in [0.25, 0.3) is 0 Å². The molecule has 1 aliphatic rings. The smallest absolute Gasteiger partial charge is 0.303 e. The van der Waals surface area contributed by atoms with Gasteiger partial charge in [0.2, 0.25) is 0 Å². The van der Waals surface area contributed by atoms with E-state index in [1.165, 1.54) is 0 Å². The van der Waals surface area contributed by atoms with Crippen LogP contribution in [0.15, 0.2) is 0 Å². The Hall–Kier alpha value is -2.49. The van der Waals surface area contributed by atoms with Gasteiger partial charge in [0, 0.05) is 27.7 Å². The van der Waals surface area contributed by atoms with E-state index in [1.807, 2.05) is 0 Å². The predicted molar refractivity (Wildman–Crippen MR) is 78.0 cm³/mol. The lowest BCUT2D eigenvalue weighted by Crippen LogP contribution is -2.62. The van der Waals surface area contributed by atoms with Crippen LogP contribution >= 0.6 is 0 Å². The first kappa shape index (κ1) is 20.6. The van der Waals surface area contributed by atoms with Crippen molar-refractivity contribution in [1.29, 1.82) is 0 Å². The van der Waals surface area contributed by atoms with Crippen LogP contribution in [-0.2, 0) is 47.7 Å². The Bertz CT molecular complexity index is 542. The molecule has 0 aromatic carbocycles. The van der Waals surface area contributed by atoms with E-state index in [0.29, 0.717) is 6.29 Å². The lowest BCUT2D eigenvalue weighted by molar-refractivity contribution is -0.246. The highest BCUT2D eigenvalue weighted by Gasteiger charge is 2.52. The summed E-state index contributed by atoms with van der Waals surface area (Å²) >= 11 is 0. The number of carbonyl (C=O) groups excluding carboxylic acids is 5. The van der Waals surface area contributed by atoms with Crippen LogP contribution in [0.5, 0.6) is 0 Å². The van der Waals surface area contributed by atoms with Crippen molar-refractivity contribution in [2.45, 2.75) is 58.2 Å². The Morgan fingerprint density at radius 3 is 1.72 bits per heavy atom. The molecule has 0 radical (unpaired) electrons. The van der Waals surface area contributed by atoms with Gasteiger partial charge in [-0.1, -0.05) is 0 Å². The third kappa shape index (κ3) is 6.14. The molecule has 0 spiro atoms. The van der Waals surface area contributed by atoms with Gasteiger partial charge < -0.3 is 28.5 Å². The van der Waals surface area contributed by atoms with E-state index in [2.05, 4.69) is 0 Å². The molecule has 10 nitrogen and oxygen atoms in total. The molecule has 140 valence electrons. The number of esters is 4. The molecule has 1 heterocycles. The number of carbonyl (C=O) groups is 5. The van der Waals surface area contributed by atoms with E-state index >= 15 is 0 Å². The second kappa shape index (κ2) is 9.11. The largest absolute Gasteiger partial charge is 0.463 e. The zero-order valence-corrected chi connectivity index (χ0v) is 14.3. The molecule has 25 heavy (non-hydrogen) atoms. The van der Waals surface area contributed by atoms with Crippen LogP contribution in [-0.4, -0.2) is 67.3 Å². The molecule has 1 aliphatic heterocycles. The Labute approximate surface area is 143 Å². The van der Waals surface area contributed by atoms with Gasteiger partial charge in [0.05, 0.1) is 0 Å². The summed E-state index contributed by atoms with van der Waals surface area (Å²) in [7, 11) is 0. The minimum atomic E-state index is -1.32. The van der Waals surface area contributed by atoms with Gasteiger partial charge in [-0.25, -0.2) is 0 Å². The topological polar surface area (TPSA) is 132 Å². The molecule has 5 atom stereocenters. The van der Waals surface area contributed by atoms with Crippen molar-refractivity contribution >= 4 is 30.2 Å². The summed E-state index contributed by atoms with van der Waals surface area (Å²) < 4.78 is 25.5. The Morgan fingerprint density at radius 2 is 1.28 bits per heavy atom. The van der Waals surface area contributed by atoms with Gasteiger partial charge in [0.15, 0.2) is 30.7 Å². The van der Waals surface area contributed by atoms with Crippen molar-refractivity contribution in [3.63, 3.8) is 0 Å².